The van der Waals surface area contributed by atoms with Crippen molar-refractivity contribution < 1.29 is 9.90 Å². The summed E-state index contributed by atoms with van der Waals surface area (Å²) in [5.41, 5.74) is -0.712. The van der Waals surface area contributed by atoms with Crippen molar-refractivity contribution in [3.63, 3.8) is 0 Å². The normalized spacial score (nSPS) is 11.6. The highest BCUT2D eigenvalue weighted by molar-refractivity contribution is 7.99. The van der Waals surface area contributed by atoms with Gasteiger partial charge in [-0.25, -0.2) is 4.98 Å². The number of hydrogen-bond donors (Lipinski definition) is 1. The standard InChI is InChI=1S/C9H14N2O2S/c1-9(2,7(12)13)6-14-8-10-4-5-11(8)3/h4-5H,6H2,1-3H3,(H,12,13). The third kappa shape index (κ3) is 2.51. The highest BCUT2D eigenvalue weighted by atomic mass is 32.2. The molecule has 1 rings (SSSR count). The lowest BCUT2D eigenvalue weighted by molar-refractivity contribution is -0.145. The first kappa shape index (κ1) is 11.1. The molecule has 5 heteroatoms. The molecular weight excluding hydrogens is 200 g/mol. The number of nitrogens with zero attached hydrogens (tertiary/aromatic N) is 2. The van der Waals surface area contributed by atoms with Gasteiger partial charge in [-0.05, 0) is 13.8 Å². The second kappa shape index (κ2) is 4.04. The second-order valence-electron chi connectivity index (χ2n) is 3.80. The van der Waals surface area contributed by atoms with Gasteiger partial charge in [0.25, 0.3) is 0 Å². The van der Waals surface area contributed by atoms with Gasteiger partial charge in [0.1, 0.15) is 0 Å². The van der Waals surface area contributed by atoms with Crippen LogP contribution in [0.3, 0.4) is 0 Å². The zero-order valence-corrected chi connectivity index (χ0v) is 9.34. The number of thioether (sulfide) groups is 1. The van der Waals surface area contributed by atoms with Crippen molar-refractivity contribution in [1.29, 1.82) is 0 Å². The van der Waals surface area contributed by atoms with Crippen molar-refractivity contribution in [3.05, 3.63) is 12.4 Å². The Morgan fingerprint density at radius 3 is 2.79 bits per heavy atom. The Bertz CT molecular complexity index is 333. The number of carbonyl (C=O) groups is 1. The largest absolute Gasteiger partial charge is 0.481 e. The Morgan fingerprint density at radius 1 is 1.71 bits per heavy atom. The summed E-state index contributed by atoms with van der Waals surface area (Å²) in [4.78, 5) is 14.9. The van der Waals surface area contributed by atoms with Crippen LogP contribution < -0.4 is 0 Å². The summed E-state index contributed by atoms with van der Waals surface area (Å²) in [5, 5.41) is 9.75. The van der Waals surface area contributed by atoms with Crippen molar-refractivity contribution in [1.82, 2.24) is 9.55 Å². The molecule has 0 atom stereocenters. The lowest BCUT2D eigenvalue weighted by atomic mass is 9.97. The van der Waals surface area contributed by atoms with Gasteiger partial charge in [0, 0.05) is 25.2 Å². The molecule has 0 aliphatic rings. The molecule has 0 unspecified atom stereocenters. The third-order valence-electron chi connectivity index (χ3n) is 1.92. The third-order valence-corrected chi connectivity index (χ3v) is 3.44. The van der Waals surface area contributed by atoms with Crippen molar-refractivity contribution >= 4 is 17.7 Å². The molecule has 0 fully saturated rings. The monoisotopic (exact) mass is 214 g/mol. The molecule has 1 aromatic rings. The Balaban J connectivity index is 2.57. The maximum Gasteiger partial charge on any atom is 0.309 e. The fourth-order valence-electron chi connectivity index (χ4n) is 0.798. The zero-order valence-electron chi connectivity index (χ0n) is 8.52. The van der Waals surface area contributed by atoms with E-state index in [9.17, 15) is 4.79 Å². The van der Waals surface area contributed by atoms with Crippen LogP contribution in [0, 0.1) is 5.41 Å². The molecule has 0 bridgehead atoms. The maximum absolute atomic E-state index is 10.8. The Hall–Kier alpha value is -0.970. The number of aromatic nitrogens is 2. The SMILES string of the molecule is Cn1ccnc1SCC(C)(C)C(=O)O. The highest BCUT2D eigenvalue weighted by Gasteiger charge is 2.27. The van der Waals surface area contributed by atoms with Crippen molar-refractivity contribution in [2.75, 3.05) is 5.75 Å². The molecule has 0 amide bonds. The van der Waals surface area contributed by atoms with Gasteiger partial charge in [0.15, 0.2) is 5.16 Å². The molecule has 1 aromatic heterocycles. The minimum absolute atomic E-state index is 0.521. The number of carboxylic acid groups (broad SMARTS) is 1. The first-order valence-corrected chi connectivity index (χ1v) is 5.25. The van der Waals surface area contributed by atoms with E-state index in [1.807, 2.05) is 17.8 Å². The van der Waals surface area contributed by atoms with Crippen LogP contribution in [0.25, 0.3) is 0 Å². The molecule has 1 heterocycles. The predicted molar refractivity (Wildman–Crippen MR) is 55.3 cm³/mol. The molecular formula is C9H14N2O2S. The zero-order chi connectivity index (χ0) is 10.8. The van der Waals surface area contributed by atoms with Crippen LogP contribution in [-0.2, 0) is 11.8 Å². The van der Waals surface area contributed by atoms with Gasteiger partial charge in [-0.1, -0.05) is 11.8 Å². The number of imidazole rings is 1. The molecule has 0 aliphatic heterocycles. The van der Waals surface area contributed by atoms with Crippen LogP contribution >= 0.6 is 11.8 Å². The van der Waals surface area contributed by atoms with E-state index in [-0.39, 0.29) is 0 Å². The van der Waals surface area contributed by atoms with Crippen LogP contribution in [0.5, 0.6) is 0 Å². The van der Waals surface area contributed by atoms with Crippen LogP contribution in [0.15, 0.2) is 17.6 Å². The van der Waals surface area contributed by atoms with Gasteiger partial charge in [-0.15, -0.1) is 0 Å². The van der Waals surface area contributed by atoms with Crippen LogP contribution in [0.4, 0.5) is 0 Å². The topological polar surface area (TPSA) is 55.1 Å². The smallest absolute Gasteiger partial charge is 0.309 e. The lowest BCUT2D eigenvalue weighted by Crippen LogP contribution is -2.26. The van der Waals surface area contributed by atoms with Crippen LogP contribution in [0.2, 0.25) is 0 Å². The number of aliphatic carboxylic acids is 1. The molecule has 0 aliphatic carbocycles. The number of aryl methyl sites for hydroxylation is 1. The molecule has 78 valence electrons. The van der Waals surface area contributed by atoms with E-state index < -0.39 is 11.4 Å². The Kier molecular flexibility index (Phi) is 3.21. The van der Waals surface area contributed by atoms with Gasteiger partial charge in [-0.2, -0.15) is 0 Å². The summed E-state index contributed by atoms with van der Waals surface area (Å²) in [7, 11) is 1.89. The molecule has 4 nitrogen and oxygen atoms in total. The average Bonchev–Trinajstić information content (AvgIpc) is 2.47. The maximum atomic E-state index is 10.8. The van der Waals surface area contributed by atoms with E-state index in [1.54, 1.807) is 20.0 Å². The molecule has 0 saturated carbocycles. The predicted octanol–water partition coefficient (Wildman–Crippen LogP) is 1.62. The van der Waals surface area contributed by atoms with E-state index in [4.69, 9.17) is 5.11 Å². The number of carboxylic acids is 1. The Labute approximate surface area is 87.3 Å². The van der Waals surface area contributed by atoms with Gasteiger partial charge in [-0.3, -0.25) is 4.79 Å². The fraction of sp³-hybridized carbons (Fsp3) is 0.556. The van der Waals surface area contributed by atoms with E-state index >= 15 is 0 Å². The van der Waals surface area contributed by atoms with E-state index in [0.29, 0.717) is 5.75 Å². The Morgan fingerprint density at radius 2 is 2.36 bits per heavy atom. The molecule has 1 N–H and O–H groups in total. The lowest BCUT2D eigenvalue weighted by Gasteiger charge is -2.17. The van der Waals surface area contributed by atoms with E-state index in [2.05, 4.69) is 4.98 Å². The number of hydrogen-bond acceptors (Lipinski definition) is 3. The molecule has 14 heavy (non-hydrogen) atoms. The van der Waals surface area contributed by atoms with E-state index in [0.717, 1.165) is 5.16 Å². The van der Waals surface area contributed by atoms with Crippen molar-refractivity contribution in [2.24, 2.45) is 12.5 Å². The summed E-state index contributed by atoms with van der Waals surface area (Å²) in [6, 6.07) is 0. The summed E-state index contributed by atoms with van der Waals surface area (Å²) >= 11 is 1.46. The van der Waals surface area contributed by atoms with Gasteiger partial charge in [0.2, 0.25) is 0 Å². The average molecular weight is 214 g/mol. The number of rotatable bonds is 4. The first-order valence-electron chi connectivity index (χ1n) is 4.27. The van der Waals surface area contributed by atoms with Crippen LogP contribution in [0.1, 0.15) is 13.8 Å². The fourth-order valence-corrected chi connectivity index (χ4v) is 1.81. The minimum atomic E-state index is -0.779. The highest BCUT2D eigenvalue weighted by Crippen LogP contribution is 2.26. The second-order valence-corrected chi connectivity index (χ2v) is 4.74. The summed E-state index contributed by atoms with van der Waals surface area (Å²) in [5.74, 6) is -0.257. The van der Waals surface area contributed by atoms with E-state index in [1.165, 1.54) is 11.8 Å². The summed E-state index contributed by atoms with van der Waals surface area (Å²) < 4.78 is 1.88. The first-order chi connectivity index (χ1) is 6.43. The molecule has 0 spiro atoms. The molecule has 0 aromatic carbocycles. The summed E-state index contributed by atoms with van der Waals surface area (Å²) in [6.07, 6.45) is 3.55. The van der Waals surface area contributed by atoms with Gasteiger partial charge >= 0.3 is 5.97 Å². The summed E-state index contributed by atoms with van der Waals surface area (Å²) in [6.45, 7) is 3.43. The van der Waals surface area contributed by atoms with Gasteiger partial charge < -0.3 is 9.67 Å². The van der Waals surface area contributed by atoms with Gasteiger partial charge in [0.05, 0.1) is 5.41 Å². The molecule has 0 radical (unpaired) electrons. The van der Waals surface area contributed by atoms with Crippen molar-refractivity contribution in [3.8, 4) is 0 Å². The van der Waals surface area contributed by atoms with Crippen LogP contribution in [-0.4, -0.2) is 26.4 Å². The van der Waals surface area contributed by atoms with Crippen molar-refractivity contribution in [2.45, 2.75) is 19.0 Å². The quantitative estimate of drug-likeness (QED) is 0.774. The molecule has 0 saturated heterocycles. The minimum Gasteiger partial charge on any atom is -0.481 e.